The summed E-state index contributed by atoms with van der Waals surface area (Å²) in [6.07, 6.45) is 1.39. The Bertz CT molecular complexity index is 990. The minimum Gasteiger partial charge on any atom is -0.548 e. The van der Waals surface area contributed by atoms with Crippen LogP contribution in [0, 0.1) is 0 Å². The lowest BCUT2D eigenvalue weighted by Gasteiger charge is -2.15. The number of rotatable bonds is 10. The Kier molecular flexibility index (Phi) is 8.46. The Morgan fingerprint density at radius 1 is 0.906 bits per heavy atom. The highest BCUT2D eigenvalue weighted by Crippen LogP contribution is 2.38. The largest absolute Gasteiger partial charge is 0.548 e. The van der Waals surface area contributed by atoms with E-state index < -0.39 is 24.3 Å². The Hall–Kier alpha value is -4.21. The first-order valence-corrected chi connectivity index (χ1v) is 9.28. The number of amides is 2. The van der Waals surface area contributed by atoms with E-state index in [-0.39, 0.29) is 22.8 Å². The van der Waals surface area contributed by atoms with E-state index in [1.807, 2.05) is 0 Å². The number of benzene rings is 2. The van der Waals surface area contributed by atoms with E-state index in [2.05, 4.69) is 10.6 Å². The minimum atomic E-state index is -1.47. The Labute approximate surface area is 184 Å². The molecular formula is C22H23N2O8-. The maximum absolute atomic E-state index is 12.9. The molecule has 170 valence electrons. The van der Waals surface area contributed by atoms with Crippen LogP contribution in [0.3, 0.4) is 0 Å². The number of ether oxygens (including phenoxy) is 4. The summed E-state index contributed by atoms with van der Waals surface area (Å²) in [7, 11) is 5.75. The summed E-state index contributed by atoms with van der Waals surface area (Å²) >= 11 is 0. The van der Waals surface area contributed by atoms with Gasteiger partial charge in [0.2, 0.25) is 5.75 Å². The van der Waals surface area contributed by atoms with Gasteiger partial charge in [-0.15, -0.1) is 0 Å². The predicted octanol–water partition coefficient (Wildman–Crippen LogP) is 0.358. The average Bonchev–Trinajstić information content (AvgIpc) is 2.81. The van der Waals surface area contributed by atoms with Gasteiger partial charge in [0.1, 0.15) is 11.4 Å². The van der Waals surface area contributed by atoms with Gasteiger partial charge in [-0.1, -0.05) is 12.1 Å². The number of methoxy groups -OCH3 is 4. The third-order valence-corrected chi connectivity index (χ3v) is 4.24. The molecule has 2 rings (SSSR count). The van der Waals surface area contributed by atoms with Crippen LogP contribution in [0.1, 0.15) is 15.9 Å². The molecule has 0 heterocycles. The fraction of sp³-hybridized carbons (Fsp3) is 0.227. The van der Waals surface area contributed by atoms with Gasteiger partial charge in [-0.3, -0.25) is 9.59 Å². The van der Waals surface area contributed by atoms with Crippen LogP contribution in [-0.2, 0) is 9.59 Å². The molecule has 2 N–H and O–H groups in total. The van der Waals surface area contributed by atoms with E-state index >= 15 is 0 Å². The second-order valence-corrected chi connectivity index (χ2v) is 6.25. The first-order valence-electron chi connectivity index (χ1n) is 9.28. The summed E-state index contributed by atoms with van der Waals surface area (Å²) < 4.78 is 20.8. The van der Waals surface area contributed by atoms with Crippen molar-refractivity contribution in [1.82, 2.24) is 10.6 Å². The molecule has 0 aliphatic carbocycles. The number of carbonyl (C=O) groups is 3. The lowest BCUT2D eigenvalue weighted by molar-refractivity contribution is -0.303. The smallest absolute Gasteiger partial charge is 0.268 e. The van der Waals surface area contributed by atoms with Crippen molar-refractivity contribution in [2.45, 2.75) is 0 Å². The zero-order chi connectivity index (χ0) is 23.7. The normalized spacial score (nSPS) is 10.7. The number of carboxylic acids is 1. The summed E-state index contributed by atoms with van der Waals surface area (Å²) in [6.45, 7) is -0.723. The van der Waals surface area contributed by atoms with Crippen LogP contribution in [0.25, 0.3) is 6.08 Å². The topological polar surface area (TPSA) is 135 Å². The highest BCUT2D eigenvalue weighted by molar-refractivity contribution is 6.06. The van der Waals surface area contributed by atoms with Crippen LogP contribution >= 0.6 is 0 Å². The Balaban J connectivity index is 2.39. The van der Waals surface area contributed by atoms with Gasteiger partial charge in [-0.05, 0) is 35.9 Å². The van der Waals surface area contributed by atoms with E-state index in [4.69, 9.17) is 18.9 Å². The molecule has 2 aromatic carbocycles. The summed E-state index contributed by atoms with van der Waals surface area (Å²) in [4.78, 5) is 36.1. The molecule has 0 radical (unpaired) electrons. The highest BCUT2D eigenvalue weighted by atomic mass is 16.5. The molecule has 10 nitrogen and oxygen atoms in total. The van der Waals surface area contributed by atoms with Gasteiger partial charge in [-0.2, -0.15) is 0 Å². The van der Waals surface area contributed by atoms with Crippen molar-refractivity contribution >= 4 is 23.9 Å². The van der Waals surface area contributed by atoms with Crippen molar-refractivity contribution in [3.8, 4) is 23.0 Å². The van der Waals surface area contributed by atoms with Gasteiger partial charge in [0.25, 0.3) is 11.8 Å². The van der Waals surface area contributed by atoms with Gasteiger partial charge in [0.15, 0.2) is 11.5 Å². The molecule has 2 amide bonds. The van der Waals surface area contributed by atoms with Gasteiger partial charge in [0.05, 0.1) is 41.0 Å². The van der Waals surface area contributed by atoms with Gasteiger partial charge < -0.3 is 39.5 Å². The van der Waals surface area contributed by atoms with Crippen molar-refractivity contribution in [2.24, 2.45) is 0 Å². The van der Waals surface area contributed by atoms with Crippen LogP contribution in [0.5, 0.6) is 23.0 Å². The van der Waals surface area contributed by atoms with E-state index in [1.165, 1.54) is 46.6 Å². The molecule has 0 atom stereocenters. The molecule has 0 bridgehead atoms. The molecule has 0 saturated carbocycles. The number of nitrogens with one attached hydrogen (secondary N) is 2. The number of carbonyl (C=O) groups excluding carboxylic acids is 3. The molecule has 0 aromatic heterocycles. The first kappa shape index (κ1) is 24.1. The minimum absolute atomic E-state index is 0.118. The Morgan fingerprint density at radius 2 is 1.50 bits per heavy atom. The second kappa shape index (κ2) is 11.3. The number of hydrogen-bond donors (Lipinski definition) is 2. The van der Waals surface area contributed by atoms with E-state index in [9.17, 15) is 19.5 Å². The number of aliphatic carboxylic acids is 1. The molecular weight excluding hydrogens is 420 g/mol. The molecule has 2 aromatic rings. The second-order valence-electron chi connectivity index (χ2n) is 6.25. The maximum Gasteiger partial charge on any atom is 0.268 e. The quantitative estimate of drug-likeness (QED) is 0.503. The number of carboxylic acid groups (broad SMARTS) is 1. The summed E-state index contributed by atoms with van der Waals surface area (Å²) in [6, 6.07) is 9.50. The Morgan fingerprint density at radius 3 is 1.97 bits per heavy atom. The van der Waals surface area contributed by atoms with Gasteiger partial charge in [-0.25, -0.2) is 0 Å². The fourth-order valence-corrected chi connectivity index (χ4v) is 2.68. The van der Waals surface area contributed by atoms with Crippen LogP contribution in [0.15, 0.2) is 42.1 Å². The van der Waals surface area contributed by atoms with Crippen molar-refractivity contribution in [1.29, 1.82) is 0 Å². The van der Waals surface area contributed by atoms with Crippen molar-refractivity contribution in [3.63, 3.8) is 0 Å². The van der Waals surface area contributed by atoms with Crippen LogP contribution in [0.2, 0.25) is 0 Å². The molecule has 10 heteroatoms. The lowest BCUT2D eigenvalue weighted by atomic mass is 10.1. The first-order chi connectivity index (χ1) is 15.3. The average molecular weight is 443 g/mol. The zero-order valence-electron chi connectivity index (χ0n) is 18.0. The third-order valence-electron chi connectivity index (χ3n) is 4.24. The fourth-order valence-electron chi connectivity index (χ4n) is 2.68. The summed E-state index contributed by atoms with van der Waals surface area (Å²) in [5, 5.41) is 15.4. The lowest BCUT2D eigenvalue weighted by Crippen LogP contribution is -2.41. The van der Waals surface area contributed by atoms with Crippen molar-refractivity contribution < 1.29 is 38.4 Å². The molecule has 0 aliphatic rings. The molecule has 32 heavy (non-hydrogen) atoms. The standard InChI is InChI=1S/C22H24N2O8/c1-29-15-7-5-13(6-8-15)9-16(22(28)23-12-19(25)26)24-21(27)14-10-17(30-2)20(32-4)18(11-14)31-3/h5-11H,12H2,1-4H3,(H,23,28)(H,24,27)(H,25,26)/p-1/b16-9+. The molecule has 0 unspecified atom stereocenters. The highest BCUT2D eigenvalue weighted by Gasteiger charge is 2.19. The summed E-state index contributed by atoms with van der Waals surface area (Å²) in [5.74, 6) is -1.55. The van der Waals surface area contributed by atoms with Crippen LogP contribution < -0.4 is 34.7 Å². The predicted molar refractivity (Wildman–Crippen MR) is 113 cm³/mol. The third kappa shape index (κ3) is 6.14. The number of hydrogen-bond acceptors (Lipinski definition) is 8. The van der Waals surface area contributed by atoms with E-state index in [1.54, 1.807) is 24.3 Å². The maximum atomic E-state index is 12.9. The van der Waals surface area contributed by atoms with Crippen LogP contribution in [0.4, 0.5) is 0 Å². The van der Waals surface area contributed by atoms with Crippen molar-refractivity contribution in [3.05, 3.63) is 53.2 Å². The molecule has 0 fully saturated rings. The van der Waals surface area contributed by atoms with E-state index in [0.717, 1.165) is 0 Å². The molecule has 0 saturated heterocycles. The zero-order valence-corrected chi connectivity index (χ0v) is 18.0. The summed E-state index contributed by atoms with van der Waals surface area (Å²) in [5.41, 5.74) is 0.498. The van der Waals surface area contributed by atoms with E-state index in [0.29, 0.717) is 17.1 Å². The monoisotopic (exact) mass is 443 g/mol. The molecule has 0 spiro atoms. The van der Waals surface area contributed by atoms with Crippen molar-refractivity contribution in [2.75, 3.05) is 35.0 Å². The SMILES string of the molecule is COc1ccc(/C=C(/NC(=O)c2cc(OC)c(OC)c(OC)c2)C(=O)NCC(=O)[O-])cc1. The van der Waals surface area contributed by atoms with Gasteiger partial charge >= 0.3 is 0 Å². The molecule has 0 aliphatic heterocycles. The van der Waals surface area contributed by atoms with Crippen LogP contribution in [-0.4, -0.2) is 52.8 Å². The van der Waals surface area contributed by atoms with Gasteiger partial charge in [0, 0.05) is 5.56 Å².